The van der Waals surface area contributed by atoms with Gasteiger partial charge in [-0.1, -0.05) is 6.92 Å². The van der Waals surface area contributed by atoms with Crippen LogP contribution in [0.25, 0.3) is 5.78 Å². The molecule has 3 rings (SSSR count). The Morgan fingerprint density at radius 1 is 1.28 bits per heavy atom. The molecule has 0 aliphatic carbocycles. The highest BCUT2D eigenvalue weighted by Crippen LogP contribution is 2.16. The van der Waals surface area contributed by atoms with Crippen LogP contribution in [0.3, 0.4) is 0 Å². The lowest BCUT2D eigenvalue weighted by Gasteiger charge is -2.11. The van der Waals surface area contributed by atoms with Crippen LogP contribution in [-0.2, 0) is 6.42 Å². The van der Waals surface area contributed by atoms with Gasteiger partial charge in [-0.25, -0.2) is 4.98 Å². The van der Waals surface area contributed by atoms with E-state index in [4.69, 9.17) is 0 Å². The smallest absolute Gasteiger partial charge is 0.277 e. The Morgan fingerprint density at radius 3 is 2.67 bits per heavy atom. The minimum atomic E-state index is -0.0465. The Morgan fingerprint density at radius 2 is 2.00 bits per heavy atom. The average Bonchev–Trinajstić information content (AvgIpc) is 3.01. The normalized spacial score (nSPS) is 15.8. The van der Waals surface area contributed by atoms with E-state index < -0.39 is 0 Å². The van der Waals surface area contributed by atoms with Crippen LogP contribution in [0, 0.1) is 6.92 Å². The van der Waals surface area contributed by atoms with Gasteiger partial charge in [0.25, 0.3) is 11.3 Å². The average molecular weight is 247 g/mol. The van der Waals surface area contributed by atoms with E-state index in [-0.39, 0.29) is 5.56 Å². The van der Waals surface area contributed by atoms with Gasteiger partial charge >= 0.3 is 0 Å². The van der Waals surface area contributed by atoms with Gasteiger partial charge in [-0.3, -0.25) is 9.89 Å². The molecule has 0 unspecified atom stereocenters. The summed E-state index contributed by atoms with van der Waals surface area (Å²) < 4.78 is 1.45. The Kier molecular flexibility index (Phi) is 2.57. The second kappa shape index (κ2) is 4.12. The van der Waals surface area contributed by atoms with Crippen LogP contribution in [0.15, 0.2) is 4.79 Å². The topological polar surface area (TPSA) is 66.3 Å². The lowest BCUT2D eigenvalue weighted by Crippen LogP contribution is -2.22. The molecule has 1 fully saturated rings. The van der Waals surface area contributed by atoms with Crippen LogP contribution < -0.4 is 10.5 Å². The lowest BCUT2D eigenvalue weighted by molar-refractivity contribution is 0.833. The maximum absolute atomic E-state index is 12.2. The van der Waals surface area contributed by atoms with Gasteiger partial charge < -0.3 is 4.90 Å². The fourth-order valence-corrected chi connectivity index (χ4v) is 2.45. The number of aromatic nitrogens is 4. The van der Waals surface area contributed by atoms with Crippen LogP contribution in [0.5, 0.6) is 0 Å². The summed E-state index contributed by atoms with van der Waals surface area (Å²) in [4.78, 5) is 23.2. The second-order valence-electron chi connectivity index (χ2n) is 4.72. The molecule has 2 aromatic heterocycles. The predicted molar refractivity (Wildman–Crippen MR) is 69.2 cm³/mol. The number of H-pyrrole nitrogens is 1. The van der Waals surface area contributed by atoms with E-state index in [1.54, 1.807) is 0 Å². The number of fused-ring (bicyclic) bond motifs is 1. The standard InChI is InChI=1S/C12H17N5O/c1-3-9-8(2)10(18)17-11(13-9)14-12(15-17)16-6-4-5-7-16/h3-7H2,1-2H3,(H,13,14,15). The molecule has 0 aromatic carbocycles. The quantitative estimate of drug-likeness (QED) is 0.855. The first-order valence-corrected chi connectivity index (χ1v) is 6.44. The third-order valence-electron chi connectivity index (χ3n) is 3.55. The molecule has 0 saturated carbocycles. The lowest BCUT2D eigenvalue weighted by atomic mass is 10.2. The molecule has 3 heterocycles. The van der Waals surface area contributed by atoms with Crippen molar-refractivity contribution < 1.29 is 0 Å². The van der Waals surface area contributed by atoms with Crippen molar-refractivity contribution in [2.75, 3.05) is 18.0 Å². The zero-order chi connectivity index (χ0) is 12.7. The van der Waals surface area contributed by atoms with Crippen molar-refractivity contribution in [2.24, 2.45) is 0 Å². The highest BCUT2D eigenvalue weighted by Gasteiger charge is 2.18. The van der Waals surface area contributed by atoms with E-state index in [2.05, 4.69) is 20.0 Å². The number of aryl methyl sites for hydroxylation is 1. The van der Waals surface area contributed by atoms with Gasteiger partial charge in [0.05, 0.1) is 5.69 Å². The fourth-order valence-electron chi connectivity index (χ4n) is 2.45. The van der Waals surface area contributed by atoms with Crippen molar-refractivity contribution in [3.8, 4) is 0 Å². The van der Waals surface area contributed by atoms with E-state index in [0.717, 1.165) is 31.2 Å². The van der Waals surface area contributed by atoms with Crippen molar-refractivity contribution >= 4 is 11.7 Å². The predicted octanol–water partition coefficient (Wildman–Crippen LogP) is 0.889. The third kappa shape index (κ3) is 1.60. The van der Waals surface area contributed by atoms with Gasteiger partial charge in [-0.15, -0.1) is 0 Å². The highest BCUT2D eigenvalue weighted by molar-refractivity contribution is 5.41. The molecule has 0 amide bonds. The monoisotopic (exact) mass is 247 g/mol. The number of aromatic amines is 1. The molecule has 96 valence electrons. The molecule has 0 atom stereocenters. The number of nitrogens with one attached hydrogen (secondary N) is 1. The molecule has 0 radical (unpaired) electrons. The molecule has 18 heavy (non-hydrogen) atoms. The Labute approximate surface area is 105 Å². The molecule has 1 N–H and O–H groups in total. The number of rotatable bonds is 2. The minimum absolute atomic E-state index is 0.0465. The van der Waals surface area contributed by atoms with E-state index >= 15 is 0 Å². The van der Waals surface area contributed by atoms with Crippen LogP contribution in [0.1, 0.15) is 31.0 Å². The first-order valence-electron chi connectivity index (χ1n) is 6.44. The molecule has 0 spiro atoms. The van der Waals surface area contributed by atoms with Crippen molar-refractivity contribution in [1.29, 1.82) is 0 Å². The first kappa shape index (κ1) is 11.3. The Hall–Kier alpha value is -1.85. The molecule has 2 aromatic rings. The molecular weight excluding hydrogens is 230 g/mol. The number of nitrogens with zero attached hydrogens (tertiary/aromatic N) is 4. The summed E-state index contributed by atoms with van der Waals surface area (Å²) >= 11 is 0. The van der Waals surface area contributed by atoms with Crippen LogP contribution in [-0.4, -0.2) is 32.7 Å². The van der Waals surface area contributed by atoms with E-state index in [1.807, 2.05) is 13.8 Å². The van der Waals surface area contributed by atoms with E-state index in [0.29, 0.717) is 11.3 Å². The summed E-state index contributed by atoms with van der Waals surface area (Å²) in [6, 6.07) is 0. The third-order valence-corrected chi connectivity index (χ3v) is 3.55. The van der Waals surface area contributed by atoms with Crippen molar-refractivity contribution in [2.45, 2.75) is 33.1 Å². The summed E-state index contributed by atoms with van der Waals surface area (Å²) in [5.41, 5.74) is 1.49. The molecule has 0 bridgehead atoms. The second-order valence-corrected chi connectivity index (χ2v) is 4.72. The molecule has 6 heteroatoms. The van der Waals surface area contributed by atoms with Crippen LogP contribution in [0.4, 0.5) is 5.95 Å². The van der Waals surface area contributed by atoms with Crippen molar-refractivity contribution in [3.05, 3.63) is 21.6 Å². The summed E-state index contributed by atoms with van der Waals surface area (Å²) in [6.07, 6.45) is 3.11. The van der Waals surface area contributed by atoms with Gasteiger partial charge in [0.2, 0.25) is 5.95 Å². The Bertz CT molecular complexity index is 636. The maximum atomic E-state index is 12.2. The minimum Gasteiger partial charge on any atom is -0.341 e. The van der Waals surface area contributed by atoms with Gasteiger partial charge in [-0.05, 0) is 26.2 Å². The number of anilines is 1. The zero-order valence-corrected chi connectivity index (χ0v) is 10.7. The van der Waals surface area contributed by atoms with Gasteiger partial charge in [0, 0.05) is 18.7 Å². The summed E-state index contributed by atoms with van der Waals surface area (Å²) in [6.45, 7) is 5.80. The van der Waals surface area contributed by atoms with Crippen LogP contribution >= 0.6 is 0 Å². The summed E-state index contributed by atoms with van der Waals surface area (Å²) in [5, 5.41) is 3.05. The maximum Gasteiger partial charge on any atom is 0.277 e. The first-order chi connectivity index (χ1) is 8.70. The molecular formula is C12H17N5O. The van der Waals surface area contributed by atoms with Crippen molar-refractivity contribution in [1.82, 2.24) is 19.6 Å². The van der Waals surface area contributed by atoms with Crippen molar-refractivity contribution in [3.63, 3.8) is 0 Å². The fraction of sp³-hybridized carbons (Fsp3) is 0.583. The van der Waals surface area contributed by atoms with E-state index in [1.165, 1.54) is 17.4 Å². The molecule has 1 aliphatic rings. The summed E-state index contributed by atoms with van der Waals surface area (Å²) in [7, 11) is 0. The van der Waals surface area contributed by atoms with E-state index in [9.17, 15) is 4.79 Å². The van der Waals surface area contributed by atoms with Gasteiger partial charge in [0.1, 0.15) is 0 Å². The van der Waals surface area contributed by atoms with Crippen LogP contribution in [0.2, 0.25) is 0 Å². The largest absolute Gasteiger partial charge is 0.341 e. The SMILES string of the molecule is CCc1nc2nc(N3CCCC3)[nH]n2c(=O)c1C. The highest BCUT2D eigenvalue weighted by atomic mass is 16.1. The molecule has 1 aliphatic heterocycles. The summed E-state index contributed by atoms with van der Waals surface area (Å²) in [5.74, 6) is 1.23. The Balaban J connectivity index is 2.16. The number of hydrogen-bond acceptors (Lipinski definition) is 4. The van der Waals surface area contributed by atoms with Gasteiger partial charge in [-0.2, -0.15) is 9.50 Å². The molecule has 6 nitrogen and oxygen atoms in total. The molecule has 1 saturated heterocycles. The van der Waals surface area contributed by atoms with Gasteiger partial charge in [0.15, 0.2) is 0 Å². The zero-order valence-electron chi connectivity index (χ0n) is 10.7. The number of hydrogen-bond donors (Lipinski definition) is 1.